The Morgan fingerprint density at radius 1 is 1.08 bits per heavy atom. The van der Waals surface area contributed by atoms with E-state index >= 15 is 0 Å². The van der Waals surface area contributed by atoms with E-state index in [4.69, 9.17) is 4.74 Å². The number of alkyl halides is 1. The van der Waals surface area contributed by atoms with E-state index < -0.39 is 6.17 Å². The van der Waals surface area contributed by atoms with Gasteiger partial charge in [0.25, 0.3) is 0 Å². The molecule has 0 saturated heterocycles. The van der Waals surface area contributed by atoms with Crippen molar-refractivity contribution in [2.24, 2.45) is 0 Å². The first kappa shape index (κ1) is 19.8. The van der Waals surface area contributed by atoms with Crippen LogP contribution in [0.25, 0.3) is 0 Å². The van der Waals surface area contributed by atoms with Crippen LogP contribution < -0.4 is 4.74 Å². The molecule has 0 aliphatic carbocycles. The number of ether oxygens (including phenoxy) is 1. The third-order valence-corrected chi connectivity index (χ3v) is 3.67. The van der Waals surface area contributed by atoms with Crippen LogP contribution in [0.2, 0.25) is 0 Å². The Hall–Kier alpha value is -2.23. The van der Waals surface area contributed by atoms with Gasteiger partial charge in [-0.15, -0.1) is 0 Å². The molecular weight excluding hydrogens is 305 g/mol. The minimum Gasteiger partial charge on any atom is -0.427 e. The quantitative estimate of drug-likeness (QED) is 0.509. The summed E-state index contributed by atoms with van der Waals surface area (Å²) in [6.07, 6.45) is 3.71. The highest BCUT2D eigenvalue weighted by Gasteiger charge is 2.18. The Balaban J connectivity index is 0.00000139. The predicted molar refractivity (Wildman–Crippen MR) is 94.8 cm³/mol. The summed E-state index contributed by atoms with van der Waals surface area (Å²) in [5.74, 6) is 0.212. The standard InChI is InChI=1S/C18H20FNO2.C2H6/c1-3-14(15-8-10-20-11-9-15)12-18(19)16-4-6-17(7-5-16)22-13(2)21;1-2/h4-11,14,18H,3,12H2,1-2H3;1-2H3. The lowest BCUT2D eigenvalue weighted by molar-refractivity contribution is -0.131. The second kappa shape index (κ2) is 10.5. The molecule has 2 atom stereocenters. The van der Waals surface area contributed by atoms with Crippen LogP contribution in [0.1, 0.15) is 63.8 Å². The summed E-state index contributed by atoms with van der Waals surface area (Å²) >= 11 is 0. The maximum absolute atomic E-state index is 14.5. The lowest BCUT2D eigenvalue weighted by atomic mass is 9.90. The number of esters is 1. The van der Waals surface area contributed by atoms with Crippen molar-refractivity contribution < 1.29 is 13.9 Å². The minimum atomic E-state index is -1.05. The molecule has 2 aromatic rings. The van der Waals surface area contributed by atoms with Gasteiger partial charge in [-0.2, -0.15) is 0 Å². The van der Waals surface area contributed by atoms with Crippen LogP contribution in [-0.2, 0) is 4.79 Å². The summed E-state index contributed by atoms with van der Waals surface area (Å²) in [5, 5.41) is 0. The van der Waals surface area contributed by atoms with Crippen molar-refractivity contribution in [3.05, 3.63) is 59.9 Å². The summed E-state index contributed by atoms with van der Waals surface area (Å²) in [6, 6.07) is 10.5. The number of carbonyl (C=O) groups excluding carboxylic acids is 1. The number of hydrogen-bond donors (Lipinski definition) is 0. The van der Waals surface area contributed by atoms with Crippen molar-refractivity contribution in [2.45, 2.75) is 52.6 Å². The summed E-state index contributed by atoms with van der Waals surface area (Å²) < 4.78 is 19.5. The molecule has 130 valence electrons. The number of halogens is 1. The third kappa shape index (κ3) is 6.11. The van der Waals surface area contributed by atoms with Crippen LogP contribution in [0.4, 0.5) is 4.39 Å². The van der Waals surface area contributed by atoms with Gasteiger partial charge in [0.1, 0.15) is 11.9 Å². The first-order valence-electron chi connectivity index (χ1n) is 8.42. The van der Waals surface area contributed by atoms with Gasteiger partial charge in [-0.1, -0.05) is 32.9 Å². The first-order chi connectivity index (χ1) is 11.6. The maximum atomic E-state index is 14.5. The molecule has 1 aromatic heterocycles. The van der Waals surface area contributed by atoms with Gasteiger partial charge in [-0.25, -0.2) is 4.39 Å². The van der Waals surface area contributed by atoms with E-state index in [1.54, 1.807) is 36.7 Å². The molecule has 0 radical (unpaired) electrons. The highest BCUT2D eigenvalue weighted by Crippen LogP contribution is 2.33. The van der Waals surface area contributed by atoms with Crippen molar-refractivity contribution in [2.75, 3.05) is 0 Å². The summed E-state index contributed by atoms with van der Waals surface area (Å²) in [5.41, 5.74) is 1.71. The van der Waals surface area contributed by atoms with Gasteiger partial charge in [0.2, 0.25) is 0 Å². The lowest BCUT2D eigenvalue weighted by Gasteiger charge is -2.18. The third-order valence-electron chi connectivity index (χ3n) is 3.67. The fraction of sp³-hybridized carbons (Fsp3) is 0.400. The normalized spacial score (nSPS) is 12.5. The topological polar surface area (TPSA) is 39.2 Å². The smallest absolute Gasteiger partial charge is 0.308 e. The molecule has 2 rings (SSSR count). The van der Waals surface area contributed by atoms with E-state index in [1.165, 1.54) is 6.92 Å². The van der Waals surface area contributed by atoms with E-state index in [0.29, 0.717) is 17.7 Å². The summed E-state index contributed by atoms with van der Waals surface area (Å²) in [6.45, 7) is 7.40. The van der Waals surface area contributed by atoms with Gasteiger partial charge in [0.15, 0.2) is 0 Å². The van der Waals surface area contributed by atoms with Gasteiger partial charge < -0.3 is 4.74 Å². The van der Waals surface area contributed by atoms with Crippen LogP contribution in [0.15, 0.2) is 48.8 Å². The van der Waals surface area contributed by atoms with Gasteiger partial charge in [0, 0.05) is 19.3 Å². The van der Waals surface area contributed by atoms with Crippen LogP contribution in [0.3, 0.4) is 0 Å². The van der Waals surface area contributed by atoms with Gasteiger partial charge in [-0.05, 0) is 54.2 Å². The van der Waals surface area contributed by atoms with Crippen molar-refractivity contribution in [3.8, 4) is 5.75 Å². The van der Waals surface area contributed by atoms with Gasteiger partial charge >= 0.3 is 5.97 Å². The van der Waals surface area contributed by atoms with Crippen molar-refractivity contribution in [3.63, 3.8) is 0 Å². The molecule has 0 aliphatic heterocycles. The summed E-state index contributed by atoms with van der Waals surface area (Å²) in [4.78, 5) is 14.9. The van der Waals surface area contributed by atoms with Crippen LogP contribution in [0.5, 0.6) is 5.75 Å². The molecule has 2 unspecified atom stereocenters. The number of nitrogens with zero attached hydrogens (tertiary/aromatic N) is 1. The molecule has 0 N–H and O–H groups in total. The molecule has 0 fully saturated rings. The number of benzene rings is 1. The molecule has 0 saturated carbocycles. The molecular formula is C20H26FNO2. The SMILES string of the molecule is CC.CCC(CC(F)c1ccc(OC(C)=O)cc1)c1ccncc1. The monoisotopic (exact) mass is 331 g/mol. The zero-order valence-corrected chi connectivity index (χ0v) is 14.8. The molecule has 1 heterocycles. The van der Waals surface area contributed by atoms with Crippen LogP contribution in [0, 0.1) is 0 Å². The number of rotatable bonds is 6. The van der Waals surface area contributed by atoms with E-state index in [9.17, 15) is 9.18 Å². The maximum Gasteiger partial charge on any atom is 0.308 e. The Kier molecular flexibility index (Phi) is 8.69. The lowest BCUT2D eigenvalue weighted by Crippen LogP contribution is -2.04. The average molecular weight is 331 g/mol. The molecule has 0 spiro atoms. The zero-order valence-electron chi connectivity index (χ0n) is 14.8. The van der Waals surface area contributed by atoms with Crippen molar-refractivity contribution in [1.29, 1.82) is 0 Å². The Morgan fingerprint density at radius 2 is 1.67 bits per heavy atom. The Labute approximate surface area is 143 Å². The Bertz CT molecular complexity index is 599. The fourth-order valence-electron chi connectivity index (χ4n) is 2.47. The largest absolute Gasteiger partial charge is 0.427 e. The molecule has 4 heteroatoms. The number of aromatic nitrogens is 1. The highest BCUT2D eigenvalue weighted by atomic mass is 19.1. The molecule has 0 amide bonds. The predicted octanol–water partition coefficient (Wildman–Crippen LogP) is 5.63. The second-order valence-corrected chi connectivity index (χ2v) is 5.25. The molecule has 3 nitrogen and oxygen atoms in total. The number of pyridine rings is 1. The summed E-state index contributed by atoms with van der Waals surface area (Å²) in [7, 11) is 0. The van der Waals surface area contributed by atoms with Crippen LogP contribution >= 0.6 is 0 Å². The van der Waals surface area contributed by atoms with E-state index in [-0.39, 0.29) is 11.9 Å². The number of carbonyl (C=O) groups is 1. The first-order valence-corrected chi connectivity index (χ1v) is 8.42. The van der Waals surface area contributed by atoms with E-state index in [0.717, 1.165) is 12.0 Å². The molecule has 24 heavy (non-hydrogen) atoms. The highest BCUT2D eigenvalue weighted by molar-refractivity contribution is 5.69. The van der Waals surface area contributed by atoms with E-state index in [2.05, 4.69) is 11.9 Å². The fourth-order valence-corrected chi connectivity index (χ4v) is 2.47. The van der Waals surface area contributed by atoms with Crippen LogP contribution in [-0.4, -0.2) is 11.0 Å². The minimum absolute atomic E-state index is 0.158. The molecule has 0 bridgehead atoms. The number of hydrogen-bond acceptors (Lipinski definition) is 3. The van der Waals surface area contributed by atoms with Crippen molar-refractivity contribution in [1.82, 2.24) is 4.98 Å². The second-order valence-electron chi connectivity index (χ2n) is 5.25. The average Bonchev–Trinajstić information content (AvgIpc) is 2.62. The van der Waals surface area contributed by atoms with Gasteiger partial charge in [0.05, 0.1) is 0 Å². The van der Waals surface area contributed by atoms with Crippen molar-refractivity contribution >= 4 is 5.97 Å². The van der Waals surface area contributed by atoms with E-state index in [1.807, 2.05) is 26.0 Å². The zero-order chi connectivity index (χ0) is 17.9. The molecule has 0 aliphatic rings. The Morgan fingerprint density at radius 3 is 2.17 bits per heavy atom. The molecule has 1 aromatic carbocycles. The van der Waals surface area contributed by atoms with Gasteiger partial charge in [-0.3, -0.25) is 9.78 Å².